The Labute approximate surface area is 144 Å². The van der Waals surface area contributed by atoms with Crippen LogP contribution in [0.3, 0.4) is 0 Å². The van der Waals surface area contributed by atoms with E-state index in [4.69, 9.17) is 4.42 Å². The average molecular weight is 348 g/mol. The van der Waals surface area contributed by atoms with Crippen LogP contribution in [0, 0.1) is 0 Å². The number of aromatic nitrogens is 2. The van der Waals surface area contributed by atoms with Crippen molar-refractivity contribution in [3.8, 4) is 0 Å². The second-order valence-electron chi connectivity index (χ2n) is 6.89. The molecule has 1 aliphatic carbocycles. The topological polar surface area (TPSA) is 88.3 Å². The SMILES string of the molecule is CC(C)(C)NC(=O)[C@@H](c1ccco1)N(C(=O)c1csnn1)C1CC1. The van der Waals surface area contributed by atoms with E-state index in [1.807, 2.05) is 20.8 Å². The summed E-state index contributed by atoms with van der Waals surface area (Å²) in [6, 6.07) is 2.63. The van der Waals surface area contributed by atoms with Crippen LogP contribution in [0.5, 0.6) is 0 Å². The van der Waals surface area contributed by atoms with Crippen LogP contribution in [0.4, 0.5) is 0 Å². The molecule has 0 aromatic carbocycles. The lowest BCUT2D eigenvalue weighted by Crippen LogP contribution is -2.50. The van der Waals surface area contributed by atoms with Gasteiger partial charge in [-0.1, -0.05) is 4.49 Å². The highest BCUT2D eigenvalue weighted by Gasteiger charge is 2.44. The molecule has 0 saturated heterocycles. The summed E-state index contributed by atoms with van der Waals surface area (Å²) in [6.07, 6.45) is 3.24. The molecule has 2 amide bonds. The molecule has 2 aromatic heterocycles. The first kappa shape index (κ1) is 16.6. The van der Waals surface area contributed by atoms with E-state index in [-0.39, 0.29) is 23.6 Å². The average Bonchev–Trinajstić information content (AvgIpc) is 3.00. The van der Waals surface area contributed by atoms with Crippen LogP contribution in [-0.2, 0) is 4.79 Å². The van der Waals surface area contributed by atoms with Crippen molar-refractivity contribution in [3.63, 3.8) is 0 Å². The van der Waals surface area contributed by atoms with E-state index in [2.05, 4.69) is 14.9 Å². The first-order valence-corrected chi connectivity index (χ1v) is 8.65. The molecule has 0 radical (unpaired) electrons. The Balaban J connectivity index is 1.96. The molecule has 0 unspecified atom stereocenters. The van der Waals surface area contributed by atoms with Gasteiger partial charge in [0.1, 0.15) is 5.76 Å². The van der Waals surface area contributed by atoms with Crippen LogP contribution in [0.15, 0.2) is 28.2 Å². The summed E-state index contributed by atoms with van der Waals surface area (Å²) in [5, 5.41) is 8.40. The van der Waals surface area contributed by atoms with Crippen LogP contribution in [-0.4, -0.2) is 37.9 Å². The number of hydrogen-bond donors (Lipinski definition) is 1. The minimum absolute atomic E-state index is 0.0139. The quantitative estimate of drug-likeness (QED) is 0.896. The van der Waals surface area contributed by atoms with Crippen molar-refractivity contribution in [2.75, 3.05) is 0 Å². The molecule has 128 valence electrons. The fourth-order valence-electron chi connectivity index (χ4n) is 2.51. The van der Waals surface area contributed by atoms with Gasteiger partial charge in [0.2, 0.25) is 0 Å². The third-order valence-corrected chi connectivity index (χ3v) is 4.10. The van der Waals surface area contributed by atoms with Gasteiger partial charge in [-0.25, -0.2) is 0 Å². The Morgan fingerprint density at radius 1 is 1.42 bits per heavy atom. The molecular formula is C16H20N4O3S. The normalized spacial score (nSPS) is 15.8. The van der Waals surface area contributed by atoms with Gasteiger partial charge in [0.25, 0.3) is 11.8 Å². The van der Waals surface area contributed by atoms with Crippen molar-refractivity contribution in [2.24, 2.45) is 0 Å². The van der Waals surface area contributed by atoms with E-state index in [9.17, 15) is 9.59 Å². The molecule has 1 aliphatic rings. The van der Waals surface area contributed by atoms with Crippen molar-refractivity contribution >= 4 is 23.3 Å². The van der Waals surface area contributed by atoms with Gasteiger partial charge < -0.3 is 14.6 Å². The van der Waals surface area contributed by atoms with Gasteiger partial charge in [0.15, 0.2) is 11.7 Å². The third kappa shape index (κ3) is 3.64. The van der Waals surface area contributed by atoms with Crippen molar-refractivity contribution in [1.82, 2.24) is 19.8 Å². The minimum Gasteiger partial charge on any atom is -0.467 e. The second kappa shape index (κ2) is 6.35. The van der Waals surface area contributed by atoms with Crippen LogP contribution >= 0.6 is 11.5 Å². The van der Waals surface area contributed by atoms with Crippen molar-refractivity contribution < 1.29 is 14.0 Å². The molecule has 8 heteroatoms. The van der Waals surface area contributed by atoms with E-state index in [0.717, 1.165) is 24.4 Å². The smallest absolute Gasteiger partial charge is 0.276 e. The number of rotatable bonds is 5. The Hall–Kier alpha value is -2.22. The summed E-state index contributed by atoms with van der Waals surface area (Å²) in [7, 11) is 0. The number of carbonyl (C=O) groups is 2. The lowest BCUT2D eigenvalue weighted by Gasteiger charge is -2.31. The largest absolute Gasteiger partial charge is 0.467 e. The molecule has 1 N–H and O–H groups in total. The Kier molecular flexibility index (Phi) is 4.40. The van der Waals surface area contributed by atoms with Gasteiger partial charge in [-0.3, -0.25) is 9.59 Å². The maximum atomic E-state index is 12.9. The fraction of sp³-hybridized carbons (Fsp3) is 0.500. The first-order valence-electron chi connectivity index (χ1n) is 7.82. The van der Waals surface area contributed by atoms with Crippen LogP contribution < -0.4 is 5.32 Å². The Morgan fingerprint density at radius 3 is 2.67 bits per heavy atom. The molecule has 1 saturated carbocycles. The molecule has 2 heterocycles. The van der Waals surface area contributed by atoms with Crippen LogP contribution in [0.1, 0.15) is 55.9 Å². The summed E-state index contributed by atoms with van der Waals surface area (Å²) in [6.45, 7) is 5.70. The second-order valence-corrected chi connectivity index (χ2v) is 7.50. The summed E-state index contributed by atoms with van der Waals surface area (Å²) >= 11 is 1.11. The Bertz CT molecular complexity index is 702. The Morgan fingerprint density at radius 2 is 2.17 bits per heavy atom. The zero-order valence-corrected chi connectivity index (χ0v) is 14.7. The van der Waals surface area contributed by atoms with Crippen molar-refractivity contribution in [2.45, 2.75) is 51.2 Å². The zero-order valence-electron chi connectivity index (χ0n) is 13.9. The standard InChI is InChI=1S/C16H20N4O3S/c1-16(2,3)17-14(21)13(12-5-4-8-23-12)20(10-6-7-10)15(22)11-9-24-19-18-11/h4-5,8-10,13H,6-7H2,1-3H3,(H,17,21)/t13-/m1/s1. The van der Waals surface area contributed by atoms with E-state index in [0.29, 0.717) is 5.76 Å². The number of nitrogens with one attached hydrogen (secondary N) is 1. The molecule has 0 bridgehead atoms. The third-order valence-electron chi connectivity index (χ3n) is 3.59. The lowest BCUT2D eigenvalue weighted by atomic mass is 10.1. The van der Waals surface area contributed by atoms with Gasteiger partial charge in [0, 0.05) is 17.0 Å². The molecule has 0 spiro atoms. The fourth-order valence-corrected chi connectivity index (χ4v) is 2.94. The van der Waals surface area contributed by atoms with Gasteiger partial charge in [-0.2, -0.15) is 0 Å². The predicted molar refractivity (Wildman–Crippen MR) is 88.4 cm³/mol. The number of furan rings is 1. The first-order chi connectivity index (χ1) is 11.4. The van der Waals surface area contributed by atoms with E-state index in [1.54, 1.807) is 22.4 Å². The predicted octanol–water partition coefficient (Wildman–Crippen LogP) is 2.39. The molecule has 0 aliphatic heterocycles. The number of hydrogen-bond acceptors (Lipinski definition) is 6. The number of amides is 2. The molecule has 1 fully saturated rings. The number of nitrogens with zero attached hydrogens (tertiary/aromatic N) is 3. The highest BCUT2D eigenvalue weighted by molar-refractivity contribution is 7.03. The van der Waals surface area contributed by atoms with E-state index >= 15 is 0 Å². The van der Waals surface area contributed by atoms with Gasteiger partial charge in [-0.15, -0.1) is 5.10 Å². The number of carbonyl (C=O) groups excluding carboxylic acids is 2. The van der Waals surface area contributed by atoms with Gasteiger partial charge in [0.05, 0.1) is 6.26 Å². The van der Waals surface area contributed by atoms with Crippen LogP contribution in [0.2, 0.25) is 0 Å². The van der Waals surface area contributed by atoms with Gasteiger partial charge in [-0.05, 0) is 57.3 Å². The molecule has 3 rings (SSSR count). The van der Waals surface area contributed by atoms with Crippen molar-refractivity contribution in [1.29, 1.82) is 0 Å². The zero-order chi connectivity index (χ0) is 17.3. The summed E-state index contributed by atoms with van der Waals surface area (Å²) < 4.78 is 9.22. The molecule has 24 heavy (non-hydrogen) atoms. The summed E-state index contributed by atoms with van der Waals surface area (Å²) in [4.78, 5) is 27.4. The van der Waals surface area contributed by atoms with Crippen molar-refractivity contribution in [3.05, 3.63) is 35.2 Å². The van der Waals surface area contributed by atoms with Crippen LogP contribution in [0.25, 0.3) is 0 Å². The molecule has 7 nitrogen and oxygen atoms in total. The maximum Gasteiger partial charge on any atom is 0.276 e. The molecular weight excluding hydrogens is 328 g/mol. The van der Waals surface area contributed by atoms with E-state index < -0.39 is 11.6 Å². The lowest BCUT2D eigenvalue weighted by molar-refractivity contribution is -0.128. The molecule has 1 atom stereocenters. The maximum absolute atomic E-state index is 12.9. The van der Waals surface area contributed by atoms with Gasteiger partial charge >= 0.3 is 0 Å². The highest BCUT2D eigenvalue weighted by atomic mass is 32.1. The monoisotopic (exact) mass is 348 g/mol. The minimum atomic E-state index is -0.819. The summed E-state index contributed by atoms with van der Waals surface area (Å²) in [5.41, 5.74) is -0.158. The summed E-state index contributed by atoms with van der Waals surface area (Å²) in [5.74, 6) is -0.113. The molecule has 2 aromatic rings. The van der Waals surface area contributed by atoms with E-state index in [1.165, 1.54) is 6.26 Å². The highest BCUT2D eigenvalue weighted by Crippen LogP contribution is 2.36.